The Bertz CT molecular complexity index is 147. The number of hydrogen-bond donors (Lipinski definition) is 0. The highest BCUT2D eigenvalue weighted by molar-refractivity contribution is 5.75. The van der Waals surface area contributed by atoms with Crippen molar-refractivity contribution in [1.29, 1.82) is 0 Å². The SMILES string of the molecule is CCCCCC(N=O)C(=O)OC. The van der Waals surface area contributed by atoms with Gasteiger partial charge in [0.15, 0.2) is 6.04 Å². The van der Waals surface area contributed by atoms with E-state index < -0.39 is 12.0 Å². The zero-order valence-corrected chi connectivity index (χ0v) is 7.58. The molecule has 1 unspecified atom stereocenters. The third kappa shape index (κ3) is 4.05. The molecule has 0 N–H and O–H groups in total. The number of rotatable bonds is 6. The van der Waals surface area contributed by atoms with E-state index in [0.717, 1.165) is 19.3 Å². The molecule has 0 heterocycles. The van der Waals surface area contributed by atoms with Crippen molar-refractivity contribution in [3.8, 4) is 0 Å². The van der Waals surface area contributed by atoms with E-state index >= 15 is 0 Å². The highest BCUT2D eigenvalue weighted by Crippen LogP contribution is 2.07. The number of unbranched alkanes of at least 4 members (excludes halogenated alkanes) is 2. The predicted molar refractivity (Wildman–Crippen MR) is 45.7 cm³/mol. The van der Waals surface area contributed by atoms with E-state index in [-0.39, 0.29) is 0 Å². The first-order valence-electron chi connectivity index (χ1n) is 4.16. The Morgan fingerprint density at radius 2 is 2.17 bits per heavy atom. The van der Waals surface area contributed by atoms with Gasteiger partial charge in [-0.05, 0) is 6.42 Å². The smallest absolute Gasteiger partial charge is 0.334 e. The molecule has 0 aliphatic rings. The van der Waals surface area contributed by atoms with Gasteiger partial charge >= 0.3 is 5.97 Å². The van der Waals surface area contributed by atoms with Crippen LogP contribution < -0.4 is 0 Å². The lowest BCUT2D eigenvalue weighted by atomic mass is 10.1. The number of hydrogen-bond acceptors (Lipinski definition) is 4. The molecule has 0 saturated carbocycles. The summed E-state index contributed by atoms with van der Waals surface area (Å²) < 4.78 is 4.40. The number of nitrogens with zero attached hydrogens (tertiary/aromatic N) is 1. The summed E-state index contributed by atoms with van der Waals surface area (Å²) in [7, 11) is 1.26. The van der Waals surface area contributed by atoms with E-state index in [4.69, 9.17) is 0 Å². The molecule has 0 saturated heterocycles. The quantitative estimate of drug-likeness (QED) is 0.350. The first kappa shape index (κ1) is 11.1. The van der Waals surface area contributed by atoms with Gasteiger partial charge in [0, 0.05) is 0 Å². The monoisotopic (exact) mass is 173 g/mol. The second kappa shape index (κ2) is 6.76. The van der Waals surface area contributed by atoms with E-state index in [1.807, 2.05) is 0 Å². The van der Waals surface area contributed by atoms with Crippen molar-refractivity contribution in [2.45, 2.75) is 38.6 Å². The maximum absolute atomic E-state index is 10.8. The summed E-state index contributed by atoms with van der Waals surface area (Å²) in [6, 6.07) is -0.804. The molecule has 0 aromatic heterocycles. The van der Waals surface area contributed by atoms with Gasteiger partial charge in [-0.2, -0.15) is 0 Å². The van der Waals surface area contributed by atoms with Gasteiger partial charge in [-0.3, -0.25) is 0 Å². The molecule has 12 heavy (non-hydrogen) atoms. The van der Waals surface area contributed by atoms with Crippen LogP contribution in [0.4, 0.5) is 0 Å². The molecule has 0 radical (unpaired) electrons. The maximum Gasteiger partial charge on any atom is 0.334 e. The Labute approximate surface area is 72.3 Å². The summed E-state index contributed by atoms with van der Waals surface area (Å²) in [6.07, 6.45) is 3.43. The molecular weight excluding hydrogens is 158 g/mol. The number of ether oxygens (including phenoxy) is 1. The molecule has 0 aliphatic carbocycles. The average molecular weight is 173 g/mol. The second-order valence-electron chi connectivity index (χ2n) is 2.64. The van der Waals surface area contributed by atoms with Crippen molar-refractivity contribution in [3.63, 3.8) is 0 Å². The Hall–Kier alpha value is -0.930. The van der Waals surface area contributed by atoms with Crippen LogP contribution in [0.15, 0.2) is 5.18 Å². The molecule has 0 rings (SSSR count). The molecule has 1 atom stereocenters. The van der Waals surface area contributed by atoms with Gasteiger partial charge in [0.2, 0.25) is 0 Å². The van der Waals surface area contributed by atoms with Gasteiger partial charge in [-0.15, -0.1) is 4.91 Å². The zero-order chi connectivity index (χ0) is 9.40. The zero-order valence-electron chi connectivity index (χ0n) is 7.58. The number of esters is 1. The Morgan fingerprint density at radius 1 is 1.50 bits per heavy atom. The Morgan fingerprint density at radius 3 is 2.58 bits per heavy atom. The maximum atomic E-state index is 10.8. The summed E-state index contributed by atoms with van der Waals surface area (Å²) in [5.41, 5.74) is 0. The number of carbonyl (C=O) groups is 1. The van der Waals surface area contributed by atoms with E-state index in [1.165, 1.54) is 7.11 Å². The van der Waals surface area contributed by atoms with Crippen LogP contribution >= 0.6 is 0 Å². The molecular formula is C8H15NO3. The normalized spacial score (nSPS) is 12.2. The van der Waals surface area contributed by atoms with Gasteiger partial charge in [0.05, 0.1) is 7.11 Å². The van der Waals surface area contributed by atoms with E-state index in [0.29, 0.717) is 6.42 Å². The third-order valence-electron chi connectivity index (χ3n) is 1.68. The van der Waals surface area contributed by atoms with Gasteiger partial charge in [-0.1, -0.05) is 31.4 Å². The van der Waals surface area contributed by atoms with Crippen molar-refractivity contribution in [3.05, 3.63) is 4.91 Å². The van der Waals surface area contributed by atoms with Crippen LogP contribution in [0, 0.1) is 4.91 Å². The van der Waals surface area contributed by atoms with Gasteiger partial charge < -0.3 is 4.74 Å². The standard InChI is InChI=1S/C8H15NO3/c1-3-4-5-6-7(9-11)8(10)12-2/h7H,3-6H2,1-2H3. The predicted octanol–water partition coefficient (Wildman–Crippen LogP) is 1.87. The first-order chi connectivity index (χ1) is 5.76. The highest BCUT2D eigenvalue weighted by atomic mass is 16.5. The second-order valence-corrected chi connectivity index (χ2v) is 2.64. The third-order valence-corrected chi connectivity index (χ3v) is 1.68. The van der Waals surface area contributed by atoms with Crippen molar-refractivity contribution in [2.24, 2.45) is 5.18 Å². The Balaban J connectivity index is 3.67. The summed E-state index contributed by atoms with van der Waals surface area (Å²) in [6.45, 7) is 2.06. The molecule has 0 aliphatic heterocycles. The van der Waals surface area contributed by atoms with E-state index in [9.17, 15) is 9.70 Å². The molecule has 0 aromatic carbocycles. The number of nitroso groups, excluding NO2 is 1. The van der Waals surface area contributed by atoms with E-state index in [2.05, 4.69) is 16.8 Å². The summed E-state index contributed by atoms with van der Waals surface area (Å²) >= 11 is 0. The van der Waals surface area contributed by atoms with Crippen molar-refractivity contribution < 1.29 is 9.53 Å². The minimum absolute atomic E-state index is 0.504. The molecule has 0 aromatic rings. The lowest BCUT2D eigenvalue weighted by Gasteiger charge is -2.04. The molecule has 0 spiro atoms. The fourth-order valence-electron chi connectivity index (χ4n) is 0.937. The Kier molecular flexibility index (Phi) is 6.24. The summed E-state index contributed by atoms with van der Waals surface area (Å²) in [5, 5.41) is 2.71. The van der Waals surface area contributed by atoms with Crippen LogP contribution in [-0.2, 0) is 9.53 Å². The number of carbonyl (C=O) groups excluding carboxylic acids is 1. The number of methoxy groups -OCH3 is 1. The summed E-state index contributed by atoms with van der Waals surface area (Å²) in [5.74, 6) is -0.527. The van der Waals surface area contributed by atoms with Crippen LogP contribution in [0.25, 0.3) is 0 Å². The topological polar surface area (TPSA) is 55.7 Å². The molecule has 4 nitrogen and oxygen atoms in total. The lowest BCUT2D eigenvalue weighted by Crippen LogP contribution is -2.19. The molecule has 0 amide bonds. The van der Waals surface area contributed by atoms with Crippen LogP contribution in [0.3, 0.4) is 0 Å². The van der Waals surface area contributed by atoms with Crippen molar-refractivity contribution in [2.75, 3.05) is 7.11 Å². The van der Waals surface area contributed by atoms with Gasteiger partial charge in [0.1, 0.15) is 0 Å². The van der Waals surface area contributed by atoms with Gasteiger partial charge in [-0.25, -0.2) is 4.79 Å². The molecule has 0 bridgehead atoms. The van der Waals surface area contributed by atoms with Crippen molar-refractivity contribution >= 4 is 5.97 Å². The fourth-order valence-corrected chi connectivity index (χ4v) is 0.937. The van der Waals surface area contributed by atoms with E-state index in [1.54, 1.807) is 0 Å². The molecule has 0 fully saturated rings. The minimum Gasteiger partial charge on any atom is -0.467 e. The largest absolute Gasteiger partial charge is 0.467 e. The van der Waals surface area contributed by atoms with Crippen LogP contribution in [-0.4, -0.2) is 19.1 Å². The van der Waals surface area contributed by atoms with Crippen molar-refractivity contribution in [1.82, 2.24) is 0 Å². The van der Waals surface area contributed by atoms with Crippen LogP contribution in [0.2, 0.25) is 0 Å². The first-order valence-corrected chi connectivity index (χ1v) is 4.16. The molecule has 70 valence electrons. The average Bonchev–Trinajstić information content (AvgIpc) is 2.11. The fraction of sp³-hybridized carbons (Fsp3) is 0.875. The minimum atomic E-state index is -0.804. The van der Waals surface area contributed by atoms with Crippen LogP contribution in [0.1, 0.15) is 32.6 Å². The molecule has 4 heteroatoms. The lowest BCUT2D eigenvalue weighted by molar-refractivity contribution is -0.142. The summed E-state index contributed by atoms with van der Waals surface area (Å²) in [4.78, 5) is 21.0. The highest BCUT2D eigenvalue weighted by Gasteiger charge is 2.18. The van der Waals surface area contributed by atoms with Crippen LogP contribution in [0.5, 0.6) is 0 Å². The van der Waals surface area contributed by atoms with Gasteiger partial charge in [0.25, 0.3) is 0 Å².